The van der Waals surface area contributed by atoms with E-state index in [0.29, 0.717) is 26.3 Å². The summed E-state index contributed by atoms with van der Waals surface area (Å²) in [6, 6.07) is 13.5. The van der Waals surface area contributed by atoms with Crippen molar-refractivity contribution in [2.45, 2.75) is 6.42 Å². The average molecular weight is 325 g/mol. The lowest BCUT2D eigenvalue weighted by Crippen LogP contribution is -2.41. The normalized spacial score (nSPS) is 15.5. The summed E-state index contributed by atoms with van der Waals surface area (Å²) >= 11 is 0. The third-order valence-corrected chi connectivity index (χ3v) is 4.13. The zero-order valence-corrected chi connectivity index (χ0v) is 13.3. The highest BCUT2D eigenvalue weighted by molar-refractivity contribution is 6.01. The monoisotopic (exact) mass is 325 g/mol. The Morgan fingerprint density at radius 2 is 1.79 bits per heavy atom. The molecule has 1 fully saturated rings. The molecule has 5 heteroatoms. The van der Waals surface area contributed by atoms with Crippen LogP contribution in [0.15, 0.2) is 48.0 Å². The SMILES string of the molecule is O=C(O)C(=Cc1cccc2ccccc12)CC(=O)N1CCOCC1. The minimum absolute atomic E-state index is 0.0999. The number of benzene rings is 2. The van der Waals surface area contributed by atoms with Crippen LogP contribution in [0.4, 0.5) is 0 Å². The fourth-order valence-corrected chi connectivity index (χ4v) is 2.84. The van der Waals surface area contributed by atoms with Crippen molar-refractivity contribution in [3.05, 3.63) is 53.6 Å². The summed E-state index contributed by atoms with van der Waals surface area (Å²) in [5.74, 6) is -1.24. The van der Waals surface area contributed by atoms with Gasteiger partial charge in [0.2, 0.25) is 5.91 Å². The van der Waals surface area contributed by atoms with Crippen LogP contribution in [0, 0.1) is 0 Å². The molecule has 5 nitrogen and oxygen atoms in total. The number of carboxylic acids is 1. The molecule has 1 N–H and O–H groups in total. The van der Waals surface area contributed by atoms with Crippen molar-refractivity contribution in [1.29, 1.82) is 0 Å². The van der Waals surface area contributed by atoms with Gasteiger partial charge in [-0.2, -0.15) is 0 Å². The quantitative estimate of drug-likeness (QED) is 0.877. The summed E-state index contributed by atoms with van der Waals surface area (Å²) < 4.78 is 5.22. The number of carboxylic acid groups (broad SMARTS) is 1. The molecule has 1 amide bonds. The summed E-state index contributed by atoms with van der Waals surface area (Å²) in [6.07, 6.45) is 1.49. The molecule has 0 bridgehead atoms. The highest BCUT2D eigenvalue weighted by atomic mass is 16.5. The van der Waals surface area contributed by atoms with Gasteiger partial charge in [-0.25, -0.2) is 4.79 Å². The minimum Gasteiger partial charge on any atom is -0.478 e. The van der Waals surface area contributed by atoms with E-state index >= 15 is 0 Å². The predicted molar refractivity (Wildman–Crippen MR) is 91.6 cm³/mol. The van der Waals surface area contributed by atoms with E-state index in [2.05, 4.69) is 0 Å². The molecule has 24 heavy (non-hydrogen) atoms. The Bertz CT molecular complexity index is 786. The molecule has 1 heterocycles. The molecule has 0 aliphatic carbocycles. The first-order valence-electron chi connectivity index (χ1n) is 7.92. The van der Waals surface area contributed by atoms with Crippen LogP contribution in [0.5, 0.6) is 0 Å². The van der Waals surface area contributed by atoms with Crippen LogP contribution >= 0.6 is 0 Å². The summed E-state index contributed by atoms with van der Waals surface area (Å²) in [6.45, 7) is 2.03. The fourth-order valence-electron chi connectivity index (χ4n) is 2.84. The van der Waals surface area contributed by atoms with Crippen molar-refractivity contribution in [2.24, 2.45) is 0 Å². The lowest BCUT2D eigenvalue weighted by molar-refractivity contribution is -0.138. The predicted octanol–water partition coefficient (Wildman–Crippen LogP) is 2.56. The highest BCUT2D eigenvalue weighted by Gasteiger charge is 2.20. The first kappa shape index (κ1) is 16.2. The maximum atomic E-state index is 12.3. The molecule has 1 saturated heterocycles. The van der Waals surface area contributed by atoms with Gasteiger partial charge < -0.3 is 14.7 Å². The molecule has 0 aromatic heterocycles. The van der Waals surface area contributed by atoms with E-state index < -0.39 is 5.97 Å². The summed E-state index contributed by atoms with van der Waals surface area (Å²) in [5.41, 5.74) is 0.906. The second kappa shape index (κ2) is 7.27. The van der Waals surface area contributed by atoms with Crippen LogP contribution in [-0.2, 0) is 14.3 Å². The Morgan fingerprint density at radius 1 is 1.08 bits per heavy atom. The molecule has 0 radical (unpaired) electrons. The summed E-state index contributed by atoms with van der Waals surface area (Å²) in [7, 11) is 0. The van der Waals surface area contributed by atoms with Gasteiger partial charge in [0.25, 0.3) is 0 Å². The number of carbonyl (C=O) groups is 2. The van der Waals surface area contributed by atoms with E-state index in [9.17, 15) is 14.7 Å². The molecule has 1 aliphatic heterocycles. The van der Waals surface area contributed by atoms with Gasteiger partial charge in [-0.05, 0) is 22.4 Å². The molecule has 2 aromatic carbocycles. The van der Waals surface area contributed by atoms with Gasteiger partial charge in [0.1, 0.15) is 0 Å². The lowest BCUT2D eigenvalue weighted by Gasteiger charge is -2.26. The number of ether oxygens (including phenoxy) is 1. The van der Waals surface area contributed by atoms with Crippen LogP contribution in [0.2, 0.25) is 0 Å². The fraction of sp³-hybridized carbons (Fsp3) is 0.263. The maximum absolute atomic E-state index is 12.3. The molecular formula is C19H19NO4. The molecular weight excluding hydrogens is 306 g/mol. The van der Waals surface area contributed by atoms with Crippen LogP contribution in [-0.4, -0.2) is 48.2 Å². The largest absolute Gasteiger partial charge is 0.478 e. The smallest absolute Gasteiger partial charge is 0.332 e. The van der Waals surface area contributed by atoms with Crippen LogP contribution in [0.3, 0.4) is 0 Å². The maximum Gasteiger partial charge on any atom is 0.332 e. The Balaban J connectivity index is 1.88. The van der Waals surface area contributed by atoms with Gasteiger partial charge in [0.15, 0.2) is 0 Å². The number of carbonyl (C=O) groups excluding carboxylic acids is 1. The molecule has 2 aromatic rings. The third-order valence-electron chi connectivity index (χ3n) is 4.13. The number of aliphatic carboxylic acids is 1. The summed E-state index contributed by atoms with van der Waals surface area (Å²) in [5, 5.41) is 11.5. The number of hydrogen-bond acceptors (Lipinski definition) is 3. The first-order chi connectivity index (χ1) is 11.6. The van der Waals surface area contributed by atoms with Crippen molar-refractivity contribution < 1.29 is 19.4 Å². The van der Waals surface area contributed by atoms with Crippen molar-refractivity contribution >= 4 is 28.7 Å². The average Bonchev–Trinajstić information content (AvgIpc) is 2.62. The minimum atomic E-state index is -1.07. The number of amides is 1. The van der Waals surface area contributed by atoms with Gasteiger partial charge >= 0.3 is 5.97 Å². The van der Waals surface area contributed by atoms with Crippen molar-refractivity contribution in [3.8, 4) is 0 Å². The summed E-state index contributed by atoms with van der Waals surface area (Å²) in [4.78, 5) is 25.6. The second-order valence-electron chi connectivity index (χ2n) is 5.71. The molecule has 0 unspecified atom stereocenters. The van der Waals surface area contributed by atoms with Gasteiger partial charge in [0, 0.05) is 18.7 Å². The molecule has 3 rings (SSSR count). The van der Waals surface area contributed by atoms with E-state index in [-0.39, 0.29) is 17.9 Å². The van der Waals surface area contributed by atoms with Gasteiger partial charge in [-0.3, -0.25) is 4.79 Å². The van der Waals surface area contributed by atoms with E-state index in [1.54, 1.807) is 11.0 Å². The Kier molecular flexibility index (Phi) is 4.91. The number of nitrogens with zero attached hydrogens (tertiary/aromatic N) is 1. The van der Waals surface area contributed by atoms with Crippen LogP contribution < -0.4 is 0 Å². The van der Waals surface area contributed by atoms with E-state index in [1.165, 1.54) is 0 Å². The molecule has 124 valence electrons. The van der Waals surface area contributed by atoms with Gasteiger partial charge in [-0.1, -0.05) is 42.5 Å². The second-order valence-corrected chi connectivity index (χ2v) is 5.71. The van der Waals surface area contributed by atoms with Crippen LogP contribution in [0.1, 0.15) is 12.0 Å². The molecule has 0 saturated carbocycles. The number of rotatable bonds is 4. The van der Waals surface area contributed by atoms with Crippen molar-refractivity contribution in [2.75, 3.05) is 26.3 Å². The van der Waals surface area contributed by atoms with Crippen LogP contribution in [0.25, 0.3) is 16.8 Å². The zero-order valence-electron chi connectivity index (χ0n) is 13.3. The topological polar surface area (TPSA) is 66.8 Å². The van der Waals surface area contributed by atoms with E-state index in [0.717, 1.165) is 16.3 Å². The lowest BCUT2D eigenvalue weighted by atomic mass is 10.0. The molecule has 1 aliphatic rings. The molecule has 0 atom stereocenters. The van der Waals surface area contributed by atoms with Crippen molar-refractivity contribution in [1.82, 2.24) is 4.90 Å². The van der Waals surface area contributed by atoms with Gasteiger partial charge in [-0.15, -0.1) is 0 Å². The first-order valence-corrected chi connectivity index (χ1v) is 7.92. The Labute approximate surface area is 140 Å². The third kappa shape index (κ3) is 3.63. The van der Waals surface area contributed by atoms with E-state index in [4.69, 9.17) is 4.74 Å². The van der Waals surface area contributed by atoms with Crippen molar-refractivity contribution in [3.63, 3.8) is 0 Å². The number of fused-ring (bicyclic) bond motifs is 1. The molecule has 0 spiro atoms. The zero-order chi connectivity index (χ0) is 16.9. The number of morpholine rings is 1. The van der Waals surface area contributed by atoms with E-state index in [1.807, 2.05) is 42.5 Å². The standard InChI is InChI=1S/C19H19NO4/c21-18(20-8-10-24-11-9-20)13-16(19(22)23)12-15-6-3-5-14-4-1-2-7-17(14)15/h1-7,12H,8-11,13H2,(H,22,23). The number of hydrogen-bond donors (Lipinski definition) is 1. The van der Waals surface area contributed by atoms with Gasteiger partial charge in [0.05, 0.1) is 19.6 Å². The Hall–Kier alpha value is -2.66. The Morgan fingerprint density at radius 3 is 2.54 bits per heavy atom. The highest BCUT2D eigenvalue weighted by Crippen LogP contribution is 2.22.